The van der Waals surface area contributed by atoms with Gasteiger partial charge in [0.25, 0.3) is 0 Å². The lowest BCUT2D eigenvalue weighted by atomic mass is 10.2. The van der Waals surface area contributed by atoms with Gasteiger partial charge in [0, 0.05) is 6.04 Å². The van der Waals surface area contributed by atoms with E-state index in [1.807, 2.05) is 13.8 Å². The first kappa shape index (κ1) is 11.2. The van der Waals surface area contributed by atoms with E-state index in [9.17, 15) is 4.79 Å². The Kier molecular flexibility index (Phi) is 3.69. The second kappa shape index (κ2) is 4.60. The van der Waals surface area contributed by atoms with Gasteiger partial charge in [0.1, 0.15) is 5.15 Å². The van der Waals surface area contributed by atoms with Crippen LogP contribution in [-0.4, -0.2) is 16.1 Å². The number of rotatable bonds is 4. The van der Waals surface area contributed by atoms with Gasteiger partial charge in [0.2, 0.25) is 0 Å². The fraction of sp³-hybridized carbons (Fsp3) is 0.600. The van der Waals surface area contributed by atoms with Crippen molar-refractivity contribution in [2.75, 3.05) is 0 Å². The maximum Gasteiger partial charge on any atom is 0.155 e. The van der Waals surface area contributed by atoms with Gasteiger partial charge < -0.3 is 0 Å². The topological polar surface area (TPSA) is 34.9 Å². The lowest BCUT2D eigenvalue weighted by Gasteiger charge is -2.05. The van der Waals surface area contributed by atoms with Gasteiger partial charge in [-0.05, 0) is 20.3 Å². The molecular weight excluding hydrogens is 200 g/mol. The SMILES string of the molecule is CCCc1nn(C(C)C)c(Cl)c1C=O. The predicted molar refractivity (Wildman–Crippen MR) is 57.0 cm³/mol. The van der Waals surface area contributed by atoms with E-state index in [0.717, 1.165) is 24.8 Å². The minimum atomic E-state index is 0.187. The Balaban J connectivity index is 3.17. The van der Waals surface area contributed by atoms with Crippen LogP contribution in [0.25, 0.3) is 0 Å². The second-order valence-electron chi connectivity index (χ2n) is 3.56. The molecule has 0 aromatic carbocycles. The van der Waals surface area contributed by atoms with Gasteiger partial charge >= 0.3 is 0 Å². The standard InChI is InChI=1S/C10H15ClN2O/c1-4-5-9-8(6-14)10(11)13(12-9)7(2)3/h6-7H,4-5H2,1-3H3. The van der Waals surface area contributed by atoms with Crippen LogP contribution in [0.15, 0.2) is 0 Å². The summed E-state index contributed by atoms with van der Waals surface area (Å²) in [6.07, 6.45) is 2.55. The summed E-state index contributed by atoms with van der Waals surface area (Å²) in [5, 5.41) is 4.78. The Morgan fingerprint density at radius 3 is 2.64 bits per heavy atom. The first-order valence-corrected chi connectivity index (χ1v) is 5.21. The summed E-state index contributed by atoms with van der Waals surface area (Å²) in [7, 11) is 0. The summed E-state index contributed by atoms with van der Waals surface area (Å²) in [6.45, 7) is 6.03. The van der Waals surface area contributed by atoms with Gasteiger partial charge in [-0.3, -0.25) is 9.48 Å². The molecule has 0 bridgehead atoms. The molecule has 0 N–H and O–H groups in total. The van der Waals surface area contributed by atoms with Crippen molar-refractivity contribution >= 4 is 17.9 Å². The number of carbonyl (C=O) groups is 1. The van der Waals surface area contributed by atoms with Crippen molar-refractivity contribution < 1.29 is 4.79 Å². The summed E-state index contributed by atoms with van der Waals surface area (Å²) in [5.41, 5.74) is 1.35. The minimum absolute atomic E-state index is 0.187. The van der Waals surface area contributed by atoms with Gasteiger partial charge in [-0.2, -0.15) is 5.10 Å². The first-order valence-electron chi connectivity index (χ1n) is 4.83. The third-order valence-electron chi connectivity index (χ3n) is 2.06. The second-order valence-corrected chi connectivity index (χ2v) is 3.92. The van der Waals surface area contributed by atoms with Crippen LogP contribution >= 0.6 is 11.6 Å². The van der Waals surface area contributed by atoms with Crippen molar-refractivity contribution in [1.82, 2.24) is 9.78 Å². The van der Waals surface area contributed by atoms with Crippen LogP contribution in [0.5, 0.6) is 0 Å². The van der Waals surface area contributed by atoms with E-state index in [-0.39, 0.29) is 6.04 Å². The maximum absolute atomic E-state index is 10.8. The van der Waals surface area contributed by atoms with Crippen molar-refractivity contribution in [3.05, 3.63) is 16.4 Å². The highest BCUT2D eigenvalue weighted by Gasteiger charge is 2.16. The van der Waals surface area contributed by atoms with Crippen LogP contribution in [0.4, 0.5) is 0 Å². The summed E-state index contributed by atoms with van der Waals surface area (Å²) in [5.74, 6) is 0. The van der Waals surface area contributed by atoms with Crippen LogP contribution in [0.2, 0.25) is 5.15 Å². The molecule has 1 rings (SSSR count). The molecule has 0 aliphatic carbocycles. The Morgan fingerprint density at radius 2 is 2.21 bits per heavy atom. The molecule has 0 fully saturated rings. The average Bonchev–Trinajstić information content (AvgIpc) is 2.43. The monoisotopic (exact) mass is 214 g/mol. The van der Waals surface area contributed by atoms with Crippen LogP contribution in [0.1, 0.15) is 49.3 Å². The fourth-order valence-corrected chi connectivity index (χ4v) is 1.74. The van der Waals surface area contributed by atoms with E-state index in [2.05, 4.69) is 12.0 Å². The third kappa shape index (κ3) is 1.98. The Morgan fingerprint density at radius 1 is 1.57 bits per heavy atom. The molecule has 4 heteroatoms. The third-order valence-corrected chi connectivity index (χ3v) is 2.43. The molecule has 14 heavy (non-hydrogen) atoms. The van der Waals surface area contributed by atoms with Gasteiger partial charge in [-0.15, -0.1) is 0 Å². The molecule has 1 aromatic rings. The maximum atomic E-state index is 10.8. The molecule has 0 aliphatic rings. The average molecular weight is 215 g/mol. The number of nitrogens with zero attached hydrogens (tertiary/aromatic N) is 2. The van der Waals surface area contributed by atoms with E-state index in [1.165, 1.54) is 0 Å². The molecule has 0 saturated heterocycles. The highest BCUT2D eigenvalue weighted by Crippen LogP contribution is 2.22. The van der Waals surface area contributed by atoms with E-state index >= 15 is 0 Å². The zero-order valence-electron chi connectivity index (χ0n) is 8.75. The number of aldehydes is 1. The minimum Gasteiger partial charge on any atom is -0.298 e. The highest BCUT2D eigenvalue weighted by atomic mass is 35.5. The lowest BCUT2D eigenvalue weighted by Crippen LogP contribution is -2.03. The molecule has 0 amide bonds. The lowest BCUT2D eigenvalue weighted by molar-refractivity contribution is 0.112. The van der Waals surface area contributed by atoms with Crippen molar-refractivity contribution in [3.8, 4) is 0 Å². The molecule has 0 unspecified atom stereocenters. The molecule has 0 radical (unpaired) electrons. The molecule has 0 spiro atoms. The molecule has 0 aliphatic heterocycles. The molecular formula is C10H15ClN2O. The number of aromatic nitrogens is 2. The normalized spacial score (nSPS) is 10.9. The highest BCUT2D eigenvalue weighted by molar-refractivity contribution is 6.32. The van der Waals surface area contributed by atoms with Gasteiger partial charge in [0.05, 0.1) is 11.3 Å². The molecule has 78 valence electrons. The van der Waals surface area contributed by atoms with Crippen LogP contribution < -0.4 is 0 Å². The van der Waals surface area contributed by atoms with Crippen molar-refractivity contribution in [2.45, 2.75) is 39.7 Å². The fourth-order valence-electron chi connectivity index (χ4n) is 1.35. The van der Waals surface area contributed by atoms with Crippen LogP contribution in [0, 0.1) is 0 Å². The summed E-state index contributed by atoms with van der Waals surface area (Å²) < 4.78 is 1.69. The van der Waals surface area contributed by atoms with E-state index in [4.69, 9.17) is 11.6 Å². The Hall–Kier alpha value is -0.830. The number of halogens is 1. The number of carbonyl (C=O) groups excluding carboxylic acids is 1. The smallest absolute Gasteiger partial charge is 0.155 e. The van der Waals surface area contributed by atoms with E-state index in [1.54, 1.807) is 4.68 Å². The Labute approximate surface area is 89.1 Å². The number of hydrogen-bond acceptors (Lipinski definition) is 2. The summed E-state index contributed by atoms with van der Waals surface area (Å²) in [4.78, 5) is 10.8. The number of hydrogen-bond donors (Lipinski definition) is 0. The largest absolute Gasteiger partial charge is 0.298 e. The quantitative estimate of drug-likeness (QED) is 0.723. The molecule has 1 heterocycles. The van der Waals surface area contributed by atoms with Gasteiger partial charge in [-0.1, -0.05) is 24.9 Å². The molecule has 3 nitrogen and oxygen atoms in total. The summed E-state index contributed by atoms with van der Waals surface area (Å²) in [6, 6.07) is 0.187. The van der Waals surface area contributed by atoms with Crippen LogP contribution in [-0.2, 0) is 6.42 Å². The van der Waals surface area contributed by atoms with Crippen LogP contribution in [0.3, 0.4) is 0 Å². The van der Waals surface area contributed by atoms with E-state index < -0.39 is 0 Å². The zero-order chi connectivity index (χ0) is 10.7. The molecule has 0 saturated carbocycles. The first-order chi connectivity index (χ1) is 6.61. The van der Waals surface area contributed by atoms with Crippen molar-refractivity contribution in [3.63, 3.8) is 0 Å². The molecule has 0 atom stereocenters. The van der Waals surface area contributed by atoms with Crippen molar-refractivity contribution in [2.24, 2.45) is 0 Å². The van der Waals surface area contributed by atoms with Crippen molar-refractivity contribution in [1.29, 1.82) is 0 Å². The predicted octanol–water partition coefficient (Wildman–Crippen LogP) is 2.88. The van der Waals surface area contributed by atoms with Gasteiger partial charge in [0.15, 0.2) is 6.29 Å². The zero-order valence-corrected chi connectivity index (χ0v) is 9.51. The Bertz CT molecular complexity index is 331. The molecule has 1 aromatic heterocycles. The van der Waals surface area contributed by atoms with E-state index in [0.29, 0.717) is 10.7 Å². The van der Waals surface area contributed by atoms with Gasteiger partial charge in [-0.25, -0.2) is 0 Å². The number of aryl methyl sites for hydroxylation is 1. The summed E-state index contributed by atoms with van der Waals surface area (Å²) >= 11 is 6.03.